The zero-order valence-corrected chi connectivity index (χ0v) is 16.4. The summed E-state index contributed by atoms with van der Waals surface area (Å²) >= 11 is 0. The molecule has 0 saturated carbocycles. The molecule has 2 amide bonds. The van der Waals surface area contributed by atoms with E-state index in [-0.39, 0.29) is 35.8 Å². The molecular formula is C16H21N5O6S. The first-order valence-corrected chi connectivity index (χ1v) is 9.71. The Kier molecular flexibility index (Phi) is 7.46. The van der Waals surface area contributed by atoms with Crippen molar-refractivity contribution in [3.05, 3.63) is 30.1 Å². The lowest BCUT2D eigenvalue weighted by Crippen LogP contribution is -2.35. The van der Waals surface area contributed by atoms with Gasteiger partial charge in [0.15, 0.2) is 0 Å². The summed E-state index contributed by atoms with van der Waals surface area (Å²) in [5.41, 5.74) is 0. The lowest BCUT2D eigenvalue weighted by Gasteiger charge is -2.13. The number of anilines is 1. The van der Waals surface area contributed by atoms with E-state index in [1.165, 1.54) is 32.4 Å². The van der Waals surface area contributed by atoms with E-state index in [0.29, 0.717) is 12.2 Å². The molecule has 1 heterocycles. The van der Waals surface area contributed by atoms with Crippen molar-refractivity contribution in [3.63, 3.8) is 0 Å². The Bertz CT molecular complexity index is 899. The van der Waals surface area contributed by atoms with Gasteiger partial charge in [0.2, 0.25) is 5.95 Å². The first-order chi connectivity index (χ1) is 13.4. The van der Waals surface area contributed by atoms with Crippen molar-refractivity contribution < 1.29 is 27.4 Å². The summed E-state index contributed by atoms with van der Waals surface area (Å²) in [6.45, 7) is 2.24. The predicted octanol–water partition coefficient (Wildman–Crippen LogP) is 0.978. The van der Waals surface area contributed by atoms with Crippen LogP contribution in [0.3, 0.4) is 0 Å². The second-order valence-corrected chi connectivity index (χ2v) is 6.91. The number of hydrogen-bond acceptors (Lipinski definition) is 9. The lowest BCUT2D eigenvalue weighted by atomic mass is 10.3. The fourth-order valence-corrected chi connectivity index (χ4v) is 3.09. The normalized spacial score (nSPS) is 11.0. The van der Waals surface area contributed by atoms with Crippen LogP contribution >= 0.6 is 0 Å². The number of urea groups is 1. The summed E-state index contributed by atoms with van der Waals surface area (Å²) < 4.78 is 42.2. The van der Waals surface area contributed by atoms with E-state index in [4.69, 9.17) is 14.2 Å². The number of aromatic nitrogens is 3. The number of carbonyl (C=O) groups is 1. The monoisotopic (exact) mass is 411 g/mol. The molecular weight excluding hydrogens is 390 g/mol. The third kappa shape index (κ3) is 5.76. The molecule has 28 heavy (non-hydrogen) atoms. The maximum Gasteiger partial charge on any atom is 0.335 e. The van der Waals surface area contributed by atoms with Crippen LogP contribution in [0.15, 0.2) is 29.2 Å². The maximum absolute atomic E-state index is 12.6. The molecule has 11 nitrogen and oxygen atoms in total. The first kappa shape index (κ1) is 21.3. The summed E-state index contributed by atoms with van der Waals surface area (Å²) in [7, 11) is -1.35. The van der Waals surface area contributed by atoms with E-state index in [0.717, 1.165) is 0 Å². The van der Waals surface area contributed by atoms with Gasteiger partial charge in [0.05, 0.1) is 13.7 Å². The van der Waals surface area contributed by atoms with Crippen molar-refractivity contribution in [1.29, 1.82) is 0 Å². The lowest BCUT2D eigenvalue weighted by molar-refractivity contribution is 0.144. The van der Waals surface area contributed by atoms with Gasteiger partial charge in [0.25, 0.3) is 10.0 Å². The molecule has 0 aliphatic carbocycles. The second-order valence-electron chi connectivity index (χ2n) is 5.26. The van der Waals surface area contributed by atoms with Crippen LogP contribution in [-0.2, 0) is 21.2 Å². The molecule has 1 aromatic heterocycles. The van der Waals surface area contributed by atoms with Gasteiger partial charge < -0.3 is 14.2 Å². The van der Waals surface area contributed by atoms with Crippen molar-refractivity contribution in [2.45, 2.75) is 18.2 Å². The van der Waals surface area contributed by atoms with Crippen LogP contribution in [0.1, 0.15) is 12.7 Å². The second kappa shape index (κ2) is 9.80. The summed E-state index contributed by atoms with van der Waals surface area (Å²) in [5.74, 6) is 0.331. The van der Waals surface area contributed by atoms with Gasteiger partial charge in [0, 0.05) is 13.5 Å². The molecule has 2 N–H and O–H groups in total. The third-order valence-corrected chi connectivity index (χ3v) is 4.67. The molecule has 152 valence electrons. The van der Waals surface area contributed by atoms with Crippen molar-refractivity contribution in [2.75, 3.05) is 32.8 Å². The molecule has 2 rings (SSSR count). The van der Waals surface area contributed by atoms with Gasteiger partial charge in [-0.1, -0.05) is 19.1 Å². The molecule has 0 aliphatic heterocycles. The highest BCUT2D eigenvalue weighted by Crippen LogP contribution is 2.23. The minimum absolute atomic E-state index is 0.00176. The van der Waals surface area contributed by atoms with Crippen LogP contribution in [0.25, 0.3) is 0 Å². The van der Waals surface area contributed by atoms with E-state index >= 15 is 0 Å². The maximum atomic E-state index is 12.6. The summed E-state index contributed by atoms with van der Waals surface area (Å²) in [5, 5.41) is 2.26. The first-order valence-electron chi connectivity index (χ1n) is 8.23. The Balaban J connectivity index is 2.15. The molecule has 0 radical (unpaired) electrons. The zero-order chi connectivity index (χ0) is 20.6. The number of carbonyl (C=O) groups excluding carboxylic acids is 1. The highest BCUT2D eigenvalue weighted by molar-refractivity contribution is 7.90. The van der Waals surface area contributed by atoms with Crippen LogP contribution in [-0.4, -0.2) is 56.8 Å². The summed E-state index contributed by atoms with van der Waals surface area (Å²) in [6.07, 6.45) is 0.472. The standard InChI is InChI=1S/C16H21N5O6S/c1-4-13-17-14(20-16(18-13)26-3)19-15(22)21-28(23,24)12-8-6-5-7-11(12)27-10-9-25-2/h5-8H,4,9-10H2,1-3H3,(H2,17,18,19,20,21,22). The van der Waals surface area contributed by atoms with E-state index < -0.39 is 16.1 Å². The van der Waals surface area contributed by atoms with E-state index in [9.17, 15) is 13.2 Å². The SMILES string of the molecule is CCc1nc(NC(=O)NS(=O)(=O)c2ccccc2OCCOC)nc(OC)n1. The highest BCUT2D eigenvalue weighted by Gasteiger charge is 2.22. The quantitative estimate of drug-likeness (QED) is 0.577. The highest BCUT2D eigenvalue weighted by atomic mass is 32.2. The van der Waals surface area contributed by atoms with Crippen molar-refractivity contribution >= 4 is 22.0 Å². The van der Waals surface area contributed by atoms with Crippen molar-refractivity contribution in [1.82, 2.24) is 19.7 Å². The molecule has 0 bridgehead atoms. The number of aryl methyl sites for hydroxylation is 1. The molecule has 0 fully saturated rings. The van der Waals surface area contributed by atoms with Gasteiger partial charge in [-0.15, -0.1) is 0 Å². The van der Waals surface area contributed by atoms with Crippen molar-refractivity contribution in [2.24, 2.45) is 0 Å². The Hall–Kier alpha value is -2.99. The Morgan fingerprint density at radius 2 is 1.86 bits per heavy atom. The average molecular weight is 411 g/mol. The number of methoxy groups -OCH3 is 2. The number of ether oxygens (including phenoxy) is 3. The van der Waals surface area contributed by atoms with Crippen molar-refractivity contribution in [3.8, 4) is 11.8 Å². The fraction of sp³-hybridized carbons (Fsp3) is 0.375. The molecule has 0 saturated heterocycles. The fourth-order valence-electron chi connectivity index (χ4n) is 2.03. The number of rotatable bonds is 9. The van der Waals surface area contributed by atoms with Crippen LogP contribution in [0, 0.1) is 0 Å². The van der Waals surface area contributed by atoms with Crippen LogP contribution < -0.4 is 19.5 Å². The Labute approximate surface area is 162 Å². The molecule has 0 aliphatic rings. The summed E-state index contributed by atoms with van der Waals surface area (Å²) in [4.78, 5) is 23.8. The van der Waals surface area contributed by atoms with Gasteiger partial charge in [-0.2, -0.15) is 15.0 Å². The Morgan fingerprint density at radius 3 is 2.54 bits per heavy atom. The van der Waals surface area contributed by atoms with E-state index in [2.05, 4.69) is 20.3 Å². The number of nitrogens with one attached hydrogen (secondary N) is 2. The van der Waals surface area contributed by atoms with Gasteiger partial charge >= 0.3 is 12.0 Å². The minimum atomic E-state index is -4.21. The average Bonchev–Trinajstić information content (AvgIpc) is 2.67. The van der Waals surface area contributed by atoms with Crippen LogP contribution in [0.4, 0.5) is 10.7 Å². The van der Waals surface area contributed by atoms with Crippen LogP contribution in [0.2, 0.25) is 0 Å². The number of hydrogen-bond donors (Lipinski definition) is 2. The van der Waals surface area contributed by atoms with Gasteiger partial charge in [-0.3, -0.25) is 5.32 Å². The number of sulfonamides is 1. The topological polar surface area (TPSA) is 142 Å². The van der Waals surface area contributed by atoms with Gasteiger partial charge in [-0.05, 0) is 12.1 Å². The molecule has 0 atom stereocenters. The van der Waals surface area contributed by atoms with Gasteiger partial charge in [0.1, 0.15) is 23.1 Å². The predicted molar refractivity (Wildman–Crippen MR) is 98.9 cm³/mol. The number of nitrogens with zero attached hydrogens (tertiary/aromatic N) is 3. The van der Waals surface area contributed by atoms with Crippen LogP contribution in [0.5, 0.6) is 11.8 Å². The Morgan fingerprint density at radius 1 is 1.11 bits per heavy atom. The number of para-hydroxylation sites is 1. The van der Waals surface area contributed by atoms with Gasteiger partial charge in [-0.25, -0.2) is 17.9 Å². The van der Waals surface area contributed by atoms with E-state index in [1.807, 2.05) is 11.6 Å². The zero-order valence-electron chi connectivity index (χ0n) is 15.6. The number of benzene rings is 1. The molecule has 12 heteroatoms. The molecule has 2 aromatic rings. The minimum Gasteiger partial charge on any atom is -0.490 e. The number of amides is 2. The third-order valence-electron chi connectivity index (χ3n) is 3.30. The van der Waals surface area contributed by atoms with E-state index in [1.54, 1.807) is 6.07 Å². The smallest absolute Gasteiger partial charge is 0.335 e. The largest absolute Gasteiger partial charge is 0.490 e. The molecule has 1 aromatic carbocycles. The summed E-state index contributed by atoms with van der Waals surface area (Å²) in [6, 6.07) is 4.89. The molecule has 0 spiro atoms. The molecule has 0 unspecified atom stereocenters.